The second kappa shape index (κ2) is 5.34. The third kappa shape index (κ3) is 4.55. The second-order valence-corrected chi connectivity index (χ2v) is 6.47. The molecule has 1 saturated carbocycles. The first-order chi connectivity index (χ1) is 6.89. The minimum atomic E-state index is 0.280. The van der Waals surface area contributed by atoms with Crippen molar-refractivity contribution in [2.24, 2.45) is 17.3 Å². The molecule has 0 aromatic carbocycles. The van der Waals surface area contributed by atoms with Crippen LogP contribution in [0.4, 0.5) is 0 Å². The van der Waals surface area contributed by atoms with Crippen molar-refractivity contribution in [2.75, 3.05) is 6.61 Å². The van der Waals surface area contributed by atoms with E-state index in [0.717, 1.165) is 18.4 Å². The van der Waals surface area contributed by atoms with Gasteiger partial charge in [-0.05, 0) is 37.0 Å². The van der Waals surface area contributed by atoms with Crippen LogP contribution in [0, 0.1) is 17.3 Å². The van der Waals surface area contributed by atoms with E-state index >= 15 is 0 Å². The van der Waals surface area contributed by atoms with Crippen molar-refractivity contribution in [1.29, 1.82) is 0 Å². The fraction of sp³-hybridized carbons (Fsp3) is 1.00. The Bertz CT molecular complexity index is 172. The number of hydrogen-bond donors (Lipinski definition) is 0. The Balaban J connectivity index is 2.20. The molecule has 0 heterocycles. The van der Waals surface area contributed by atoms with Crippen LogP contribution < -0.4 is 0 Å². The van der Waals surface area contributed by atoms with Crippen molar-refractivity contribution < 1.29 is 4.74 Å². The van der Waals surface area contributed by atoms with Gasteiger partial charge in [-0.3, -0.25) is 0 Å². The Morgan fingerprint density at radius 3 is 2.13 bits per heavy atom. The fourth-order valence-corrected chi connectivity index (χ4v) is 2.03. The Hall–Kier alpha value is -0.0400. The molecule has 15 heavy (non-hydrogen) atoms. The maximum absolute atomic E-state index is 5.98. The van der Waals surface area contributed by atoms with E-state index in [0.29, 0.717) is 6.10 Å². The average molecular weight is 212 g/mol. The molecule has 1 atom stereocenters. The monoisotopic (exact) mass is 212 g/mol. The molecule has 0 N–H and O–H groups in total. The maximum Gasteiger partial charge on any atom is 0.0595 e. The highest BCUT2D eigenvalue weighted by molar-refractivity contribution is 4.73. The second-order valence-electron chi connectivity index (χ2n) is 6.47. The molecular formula is C14H28O. The van der Waals surface area contributed by atoms with E-state index in [9.17, 15) is 0 Å². The largest absolute Gasteiger partial charge is 0.378 e. The highest BCUT2D eigenvalue weighted by Gasteiger charge is 2.23. The van der Waals surface area contributed by atoms with Gasteiger partial charge in [0.1, 0.15) is 0 Å². The Labute approximate surface area is 95.6 Å². The van der Waals surface area contributed by atoms with Crippen molar-refractivity contribution in [1.82, 2.24) is 0 Å². The lowest BCUT2D eigenvalue weighted by Gasteiger charge is -2.31. The van der Waals surface area contributed by atoms with Gasteiger partial charge in [0, 0.05) is 6.61 Å². The fourth-order valence-electron chi connectivity index (χ4n) is 2.03. The van der Waals surface area contributed by atoms with E-state index in [2.05, 4.69) is 34.6 Å². The standard InChI is InChI=1S/C14H28O/c1-11-6-8-13(9-7-11)10-15-12(2)14(3,4)5/h11-13H,6-10H2,1-5H3. The molecule has 0 spiro atoms. The molecule has 1 heteroatoms. The molecule has 0 aromatic rings. The van der Waals surface area contributed by atoms with Crippen molar-refractivity contribution in [3.63, 3.8) is 0 Å². The van der Waals surface area contributed by atoms with Gasteiger partial charge in [-0.15, -0.1) is 0 Å². The SMILES string of the molecule is CC1CCC(COC(C)C(C)(C)C)CC1. The third-order valence-electron chi connectivity index (χ3n) is 3.94. The Morgan fingerprint density at radius 1 is 1.13 bits per heavy atom. The minimum Gasteiger partial charge on any atom is -0.378 e. The summed E-state index contributed by atoms with van der Waals surface area (Å²) >= 11 is 0. The quantitative estimate of drug-likeness (QED) is 0.679. The van der Waals surface area contributed by atoms with E-state index in [1.807, 2.05) is 0 Å². The van der Waals surface area contributed by atoms with Gasteiger partial charge < -0.3 is 4.74 Å². The van der Waals surface area contributed by atoms with Gasteiger partial charge in [-0.25, -0.2) is 0 Å². The van der Waals surface area contributed by atoms with Gasteiger partial charge in [-0.1, -0.05) is 40.5 Å². The van der Waals surface area contributed by atoms with Crippen LogP contribution in [-0.2, 0) is 4.74 Å². The van der Waals surface area contributed by atoms with Crippen molar-refractivity contribution in [2.45, 2.75) is 66.4 Å². The Kier molecular flexibility index (Phi) is 4.64. The van der Waals surface area contributed by atoms with Gasteiger partial charge in [-0.2, -0.15) is 0 Å². The zero-order chi connectivity index (χ0) is 11.5. The molecule has 90 valence electrons. The summed E-state index contributed by atoms with van der Waals surface area (Å²) < 4.78 is 5.98. The predicted octanol–water partition coefficient (Wildman–Crippen LogP) is 4.26. The first kappa shape index (κ1) is 13.0. The van der Waals surface area contributed by atoms with E-state index in [1.54, 1.807) is 0 Å². The lowest BCUT2D eigenvalue weighted by molar-refractivity contribution is -0.0285. The predicted molar refractivity (Wildman–Crippen MR) is 66.0 cm³/mol. The normalized spacial score (nSPS) is 30.2. The zero-order valence-corrected chi connectivity index (χ0v) is 11.2. The van der Waals surface area contributed by atoms with Crippen molar-refractivity contribution >= 4 is 0 Å². The topological polar surface area (TPSA) is 9.23 Å². The van der Waals surface area contributed by atoms with Gasteiger partial charge in [0.05, 0.1) is 6.10 Å². The molecule has 0 aliphatic heterocycles. The minimum absolute atomic E-state index is 0.280. The van der Waals surface area contributed by atoms with Crippen LogP contribution in [0.25, 0.3) is 0 Å². The van der Waals surface area contributed by atoms with Gasteiger partial charge in [0.15, 0.2) is 0 Å². The van der Waals surface area contributed by atoms with E-state index in [1.165, 1.54) is 25.7 Å². The molecule has 0 radical (unpaired) electrons. The summed E-state index contributed by atoms with van der Waals surface area (Å²) in [5.74, 6) is 1.77. The van der Waals surface area contributed by atoms with Crippen LogP contribution in [-0.4, -0.2) is 12.7 Å². The van der Waals surface area contributed by atoms with Crippen LogP contribution in [0.5, 0.6) is 0 Å². The molecule has 1 rings (SSSR count). The third-order valence-corrected chi connectivity index (χ3v) is 3.94. The van der Waals surface area contributed by atoms with Gasteiger partial charge in [0.2, 0.25) is 0 Å². The summed E-state index contributed by atoms with van der Waals surface area (Å²) in [6.45, 7) is 12.3. The number of ether oxygens (including phenoxy) is 1. The van der Waals surface area contributed by atoms with E-state index in [4.69, 9.17) is 4.74 Å². The summed E-state index contributed by atoms with van der Waals surface area (Å²) in [6, 6.07) is 0. The van der Waals surface area contributed by atoms with E-state index < -0.39 is 0 Å². The van der Waals surface area contributed by atoms with Crippen LogP contribution in [0.15, 0.2) is 0 Å². The highest BCUT2D eigenvalue weighted by atomic mass is 16.5. The van der Waals surface area contributed by atoms with Gasteiger partial charge >= 0.3 is 0 Å². The molecule has 1 aliphatic rings. The van der Waals surface area contributed by atoms with Crippen molar-refractivity contribution in [3.8, 4) is 0 Å². The van der Waals surface area contributed by atoms with Crippen LogP contribution in [0.1, 0.15) is 60.3 Å². The zero-order valence-electron chi connectivity index (χ0n) is 11.2. The summed E-state index contributed by atoms with van der Waals surface area (Å²) in [7, 11) is 0. The lowest BCUT2D eigenvalue weighted by Crippen LogP contribution is -2.29. The molecule has 0 bridgehead atoms. The number of hydrogen-bond acceptors (Lipinski definition) is 1. The molecule has 0 amide bonds. The maximum atomic E-state index is 5.98. The number of rotatable bonds is 3. The molecule has 1 aliphatic carbocycles. The average Bonchev–Trinajstić information content (AvgIpc) is 2.15. The molecule has 0 saturated heterocycles. The highest BCUT2D eigenvalue weighted by Crippen LogP contribution is 2.30. The molecule has 1 unspecified atom stereocenters. The van der Waals surface area contributed by atoms with E-state index in [-0.39, 0.29) is 5.41 Å². The Morgan fingerprint density at radius 2 is 1.67 bits per heavy atom. The summed E-state index contributed by atoms with van der Waals surface area (Å²) in [5, 5.41) is 0. The van der Waals surface area contributed by atoms with Crippen molar-refractivity contribution in [3.05, 3.63) is 0 Å². The molecule has 1 nitrogen and oxygen atoms in total. The van der Waals surface area contributed by atoms with Gasteiger partial charge in [0.25, 0.3) is 0 Å². The summed E-state index contributed by atoms with van der Waals surface area (Å²) in [5.41, 5.74) is 0.280. The summed E-state index contributed by atoms with van der Waals surface area (Å²) in [6.07, 6.45) is 5.92. The van der Waals surface area contributed by atoms with Crippen LogP contribution in [0.3, 0.4) is 0 Å². The smallest absolute Gasteiger partial charge is 0.0595 e. The van der Waals surface area contributed by atoms with Crippen LogP contribution >= 0.6 is 0 Å². The first-order valence-electron chi connectivity index (χ1n) is 6.51. The van der Waals surface area contributed by atoms with Crippen LogP contribution in [0.2, 0.25) is 0 Å². The first-order valence-corrected chi connectivity index (χ1v) is 6.51. The lowest BCUT2D eigenvalue weighted by atomic mass is 9.83. The molecular weight excluding hydrogens is 184 g/mol. The molecule has 0 aromatic heterocycles. The molecule has 1 fully saturated rings. The summed E-state index contributed by atoms with van der Waals surface area (Å²) in [4.78, 5) is 0.